The third-order valence-electron chi connectivity index (χ3n) is 5.80. The molecule has 0 bridgehead atoms. The van der Waals surface area contributed by atoms with Gasteiger partial charge in [-0.2, -0.15) is 0 Å². The molecular weight excluding hydrogens is 434 g/mol. The molecule has 9 heteroatoms. The van der Waals surface area contributed by atoms with Crippen LogP contribution in [0.5, 0.6) is 0 Å². The van der Waals surface area contributed by atoms with Gasteiger partial charge in [-0.3, -0.25) is 4.79 Å². The lowest BCUT2D eigenvalue weighted by Crippen LogP contribution is -2.44. The molecule has 1 amide bonds. The van der Waals surface area contributed by atoms with Crippen LogP contribution in [-0.2, 0) is 0 Å². The Labute approximate surface area is 196 Å². The molecule has 1 fully saturated rings. The van der Waals surface area contributed by atoms with Crippen LogP contribution in [0.1, 0.15) is 10.4 Å². The van der Waals surface area contributed by atoms with Crippen molar-refractivity contribution < 1.29 is 4.79 Å². The largest absolute Gasteiger partial charge is 0.365 e. The highest BCUT2D eigenvalue weighted by atomic mass is 32.1. The van der Waals surface area contributed by atoms with E-state index in [1.807, 2.05) is 31.4 Å². The number of carbonyl (C=O) groups excluding carboxylic acids is 1. The van der Waals surface area contributed by atoms with Crippen molar-refractivity contribution in [1.29, 1.82) is 0 Å². The number of likely N-dealkylation sites (N-methyl/N-ethyl adjacent to an activating group) is 1. The lowest BCUT2D eigenvalue weighted by Gasteiger charge is -2.33. The quantitative estimate of drug-likeness (QED) is 0.469. The number of benzene rings is 1. The fourth-order valence-corrected chi connectivity index (χ4v) is 4.61. The molecule has 2 N–H and O–H groups in total. The second kappa shape index (κ2) is 9.13. The van der Waals surface area contributed by atoms with Crippen LogP contribution in [0.2, 0.25) is 0 Å². The van der Waals surface area contributed by atoms with E-state index in [2.05, 4.69) is 54.6 Å². The van der Waals surface area contributed by atoms with Gasteiger partial charge in [0.1, 0.15) is 11.6 Å². The van der Waals surface area contributed by atoms with Gasteiger partial charge in [-0.05, 0) is 42.3 Å². The molecule has 168 valence electrons. The minimum atomic E-state index is -0.197. The van der Waals surface area contributed by atoms with Gasteiger partial charge < -0.3 is 20.4 Å². The molecule has 8 nitrogen and oxygen atoms in total. The molecule has 4 heterocycles. The Bertz CT molecular complexity index is 1300. The predicted molar refractivity (Wildman–Crippen MR) is 134 cm³/mol. The van der Waals surface area contributed by atoms with Gasteiger partial charge in [0.2, 0.25) is 0 Å². The van der Waals surface area contributed by atoms with Crippen molar-refractivity contribution in [1.82, 2.24) is 19.9 Å². The van der Waals surface area contributed by atoms with Crippen molar-refractivity contribution in [2.75, 3.05) is 55.8 Å². The maximum absolute atomic E-state index is 12.9. The molecule has 0 aliphatic carbocycles. The second-order valence-corrected chi connectivity index (χ2v) is 9.09. The van der Waals surface area contributed by atoms with Gasteiger partial charge in [0.15, 0.2) is 5.13 Å². The molecular formula is C24H25N7OS. The molecule has 0 atom stereocenters. The van der Waals surface area contributed by atoms with Gasteiger partial charge >= 0.3 is 0 Å². The summed E-state index contributed by atoms with van der Waals surface area (Å²) in [5, 5.41) is 8.89. The highest BCUT2D eigenvalue weighted by Crippen LogP contribution is 2.31. The minimum absolute atomic E-state index is 0.197. The predicted octanol–water partition coefficient (Wildman–Crippen LogP) is 3.80. The topological polar surface area (TPSA) is 86.3 Å². The fourth-order valence-electron chi connectivity index (χ4n) is 3.84. The molecule has 0 unspecified atom stereocenters. The number of piperazine rings is 1. The maximum atomic E-state index is 12.9. The summed E-state index contributed by atoms with van der Waals surface area (Å²) in [6.45, 7) is 3.77. The Morgan fingerprint density at radius 3 is 2.61 bits per heavy atom. The minimum Gasteiger partial charge on any atom is -0.365 e. The molecule has 1 aromatic carbocycles. The molecule has 3 aromatic heterocycles. The molecule has 1 aliphatic heterocycles. The summed E-state index contributed by atoms with van der Waals surface area (Å²) in [4.78, 5) is 31.8. The standard InChI is InChI=1S/C24H25N7OS/c1-25-24-28-15-20(33-24)16-3-4-18-14-27-21(12-19(18)11-16)29-23(32)17-5-6-26-22(13-17)31-9-7-30(2)8-10-31/h3-6,11-15H,7-10H2,1-2H3,(H,25,28)(H,27,29,32). The molecule has 1 aliphatic rings. The number of hydrogen-bond donors (Lipinski definition) is 2. The zero-order valence-electron chi connectivity index (χ0n) is 18.6. The van der Waals surface area contributed by atoms with Crippen molar-refractivity contribution in [2.45, 2.75) is 0 Å². The molecule has 0 radical (unpaired) electrons. The number of amides is 1. The number of nitrogens with zero attached hydrogens (tertiary/aromatic N) is 5. The van der Waals surface area contributed by atoms with Crippen molar-refractivity contribution >= 4 is 44.8 Å². The van der Waals surface area contributed by atoms with Crippen molar-refractivity contribution in [3.63, 3.8) is 0 Å². The van der Waals surface area contributed by atoms with Crippen LogP contribution in [0.15, 0.2) is 55.0 Å². The highest BCUT2D eigenvalue weighted by molar-refractivity contribution is 7.18. The summed E-state index contributed by atoms with van der Waals surface area (Å²) in [7, 11) is 3.98. The number of nitrogens with one attached hydrogen (secondary N) is 2. The van der Waals surface area contributed by atoms with Crippen molar-refractivity contribution in [3.8, 4) is 10.4 Å². The van der Waals surface area contributed by atoms with Crippen LogP contribution in [0, 0.1) is 0 Å². The summed E-state index contributed by atoms with van der Waals surface area (Å²) in [6, 6.07) is 11.7. The number of aromatic nitrogens is 3. The van der Waals surface area contributed by atoms with E-state index >= 15 is 0 Å². The van der Waals surface area contributed by atoms with Gasteiger partial charge in [0, 0.05) is 62.8 Å². The second-order valence-electron chi connectivity index (χ2n) is 8.06. The molecule has 33 heavy (non-hydrogen) atoms. The van der Waals surface area contributed by atoms with Crippen LogP contribution < -0.4 is 15.5 Å². The Morgan fingerprint density at radius 1 is 0.970 bits per heavy atom. The summed E-state index contributed by atoms with van der Waals surface area (Å²) >= 11 is 1.60. The zero-order chi connectivity index (χ0) is 22.8. The molecule has 1 saturated heterocycles. The number of hydrogen-bond acceptors (Lipinski definition) is 8. The van der Waals surface area contributed by atoms with E-state index < -0.39 is 0 Å². The Hall–Kier alpha value is -3.56. The van der Waals surface area contributed by atoms with Crippen LogP contribution in [0.3, 0.4) is 0 Å². The first-order chi connectivity index (χ1) is 16.1. The van der Waals surface area contributed by atoms with Gasteiger partial charge in [-0.15, -0.1) is 0 Å². The molecule has 4 aromatic rings. The van der Waals surface area contributed by atoms with E-state index in [9.17, 15) is 4.79 Å². The number of fused-ring (bicyclic) bond motifs is 1. The number of carbonyl (C=O) groups is 1. The third-order valence-corrected chi connectivity index (χ3v) is 6.87. The molecule has 0 spiro atoms. The lowest BCUT2D eigenvalue weighted by atomic mass is 10.1. The number of pyridine rings is 2. The van der Waals surface area contributed by atoms with Gasteiger partial charge in [-0.25, -0.2) is 15.0 Å². The van der Waals surface area contributed by atoms with Crippen LogP contribution in [0.25, 0.3) is 21.2 Å². The van der Waals surface area contributed by atoms with Crippen LogP contribution in [0.4, 0.5) is 16.8 Å². The first-order valence-corrected chi connectivity index (χ1v) is 11.7. The smallest absolute Gasteiger partial charge is 0.257 e. The first-order valence-electron chi connectivity index (χ1n) is 10.8. The third kappa shape index (κ3) is 4.64. The van der Waals surface area contributed by atoms with Crippen molar-refractivity contribution in [2.24, 2.45) is 0 Å². The summed E-state index contributed by atoms with van der Waals surface area (Å²) in [6.07, 6.45) is 5.34. The number of thiazole rings is 1. The zero-order valence-corrected chi connectivity index (χ0v) is 19.4. The molecule has 5 rings (SSSR count). The van der Waals surface area contributed by atoms with E-state index in [-0.39, 0.29) is 5.91 Å². The maximum Gasteiger partial charge on any atom is 0.257 e. The van der Waals surface area contributed by atoms with E-state index in [0.717, 1.165) is 58.3 Å². The number of anilines is 3. The lowest BCUT2D eigenvalue weighted by molar-refractivity contribution is 0.102. The molecule has 0 saturated carbocycles. The normalized spacial score (nSPS) is 14.4. The number of rotatable bonds is 5. The Kier molecular flexibility index (Phi) is 5.89. The summed E-state index contributed by atoms with van der Waals surface area (Å²) in [5.41, 5.74) is 1.65. The van der Waals surface area contributed by atoms with Gasteiger partial charge in [-0.1, -0.05) is 23.5 Å². The van der Waals surface area contributed by atoms with Gasteiger partial charge in [0.25, 0.3) is 5.91 Å². The summed E-state index contributed by atoms with van der Waals surface area (Å²) in [5.74, 6) is 1.15. The summed E-state index contributed by atoms with van der Waals surface area (Å²) < 4.78 is 0. The van der Waals surface area contributed by atoms with Crippen molar-refractivity contribution in [3.05, 3.63) is 60.6 Å². The monoisotopic (exact) mass is 459 g/mol. The first kappa shape index (κ1) is 21.3. The van der Waals surface area contributed by atoms with Crippen LogP contribution >= 0.6 is 11.3 Å². The Morgan fingerprint density at radius 2 is 1.82 bits per heavy atom. The van der Waals surface area contributed by atoms with E-state index in [1.165, 1.54) is 0 Å². The van der Waals surface area contributed by atoms with E-state index in [4.69, 9.17) is 0 Å². The van der Waals surface area contributed by atoms with E-state index in [0.29, 0.717) is 11.4 Å². The van der Waals surface area contributed by atoms with Gasteiger partial charge in [0.05, 0.1) is 4.88 Å². The highest BCUT2D eigenvalue weighted by Gasteiger charge is 2.17. The average Bonchev–Trinajstić information content (AvgIpc) is 3.34. The Balaban J connectivity index is 1.35. The van der Waals surface area contributed by atoms with Crippen LogP contribution in [-0.4, -0.2) is 66.0 Å². The fraction of sp³-hybridized carbons (Fsp3) is 0.250. The average molecular weight is 460 g/mol. The van der Waals surface area contributed by atoms with E-state index in [1.54, 1.807) is 29.8 Å². The SMILES string of the molecule is CNc1ncc(-c2ccc3cnc(NC(=O)c4ccnc(N5CCN(C)CC5)c4)cc3c2)s1.